The van der Waals surface area contributed by atoms with Gasteiger partial charge in [0.25, 0.3) is 0 Å². The monoisotopic (exact) mass is 311 g/mol. The lowest BCUT2D eigenvalue weighted by Gasteiger charge is -2.22. The Hall–Kier alpha value is -2.12. The fraction of sp³-hybridized carbons (Fsp3) is 0.0909. The molecule has 0 saturated heterocycles. The van der Waals surface area contributed by atoms with Gasteiger partial charge < -0.3 is 10.4 Å². The fourth-order valence-electron chi connectivity index (χ4n) is 1.94. The number of hydrogen-bond acceptors (Lipinski definition) is 5. The van der Waals surface area contributed by atoms with Gasteiger partial charge in [0.1, 0.15) is 11.7 Å². The van der Waals surface area contributed by atoms with Gasteiger partial charge in [-0.2, -0.15) is 4.68 Å². The average Bonchev–Trinajstić information content (AvgIpc) is 2.86. The summed E-state index contributed by atoms with van der Waals surface area (Å²) in [6.07, 6.45) is 1.49. The van der Waals surface area contributed by atoms with E-state index in [1.54, 1.807) is 18.2 Å². The average molecular weight is 312 g/mol. The Bertz CT molecular complexity index is 727. The smallest absolute Gasteiger partial charge is 0.352 e. The lowest BCUT2D eigenvalue weighted by Crippen LogP contribution is -2.24. The number of nitrogens with one attached hydrogen (secondary N) is 1. The Morgan fingerprint density at radius 2 is 2.20 bits per heavy atom. The van der Waals surface area contributed by atoms with Crippen LogP contribution in [0, 0.1) is 0 Å². The lowest BCUT2D eigenvalue weighted by atomic mass is 10.0. The fourth-order valence-corrected chi connectivity index (χ4v) is 2.46. The van der Waals surface area contributed by atoms with Gasteiger partial charge in [-0.05, 0) is 34.2 Å². The van der Waals surface area contributed by atoms with Crippen molar-refractivity contribution in [1.29, 1.82) is 0 Å². The Morgan fingerprint density at radius 1 is 1.40 bits per heavy atom. The predicted molar refractivity (Wildman–Crippen MR) is 71.8 cm³/mol. The summed E-state index contributed by atoms with van der Waals surface area (Å²) in [4.78, 5) is 11.1. The number of carbonyl (C=O) groups is 1. The zero-order chi connectivity index (χ0) is 14.3. The van der Waals surface area contributed by atoms with Crippen LogP contribution in [0.3, 0.4) is 0 Å². The molecule has 20 heavy (non-hydrogen) atoms. The zero-order valence-electron chi connectivity index (χ0n) is 9.79. The quantitative estimate of drug-likeness (QED) is 0.880. The number of rotatable bonds is 2. The maximum Gasteiger partial charge on any atom is 0.352 e. The second kappa shape index (κ2) is 4.77. The summed E-state index contributed by atoms with van der Waals surface area (Å²) < 4.78 is 1.45. The molecule has 2 N–H and O–H groups in total. The van der Waals surface area contributed by atoms with Crippen molar-refractivity contribution < 1.29 is 9.90 Å². The van der Waals surface area contributed by atoms with E-state index in [0.29, 0.717) is 15.6 Å². The SMILES string of the molecule is O=C(O)C1=CC(c2ccc(Cl)cc2Cl)n2nnnc2N1. The first-order valence-corrected chi connectivity index (χ1v) is 6.27. The molecule has 0 saturated carbocycles. The normalized spacial score (nSPS) is 17.1. The van der Waals surface area contributed by atoms with Crippen molar-refractivity contribution in [2.75, 3.05) is 5.32 Å². The first-order chi connectivity index (χ1) is 9.56. The van der Waals surface area contributed by atoms with Gasteiger partial charge in [0.2, 0.25) is 5.95 Å². The first-order valence-electron chi connectivity index (χ1n) is 5.51. The number of carboxylic acid groups (broad SMARTS) is 1. The van der Waals surface area contributed by atoms with Crippen LogP contribution in [0.5, 0.6) is 0 Å². The molecule has 3 rings (SSSR count). The molecule has 9 heteroatoms. The third-order valence-corrected chi connectivity index (χ3v) is 3.40. The Balaban J connectivity index is 2.14. The molecular formula is C11H7Cl2N5O2. The number of tetrazole rings is 1. The third kappa shape index (κ3) is 2.10. The maximum absolute atomic E-state index is 11.1. The van der Waals surface area contributed by atoms with Gasteiger partial charge in [-0.25, -0.2) is 4.79 Å². The van der Waals surface area contributed by atoms with E-state index in [-0.39, 0.29) is 11.6 Å². The van der Waals surface area contributed by atoms with Crippen LogP contribution in [0.25, 0.3) is 0 Å². The van der Waals surface area contributed by atoms with E-state index < -0.39 is 12.0 Å². The van der Waals surface area contributed by atoms with Crippen LogP contribution in [0.15, 0.2) is 30.0 Å². The molecule has 0 bridgehead atoms. The number of allylic oxidation sites excluding steroid dienone is 1. The zero-order valence-corrected chi connectivity index (χ0v) is 11.3. The molecule has 1 unspecified atom stereocenters. The lowest BCUT2D eigenvalue weighted by molar-refractivity contribution is -0.132. The highest BCUT2D eigenvalue weighted by Gasteiger charge is 2.27. The van der Waals surface area contributed by atoms with E-state index in [1.165, 1.54) is 10.8 Å². The van der Waals surface area contributed by atoms with Gasteiger partial charge >= 0.3 is 5.97 Å². The number of benzene rings is 1. The molecule has 0 aliphatic carbocycles. The molecule has 1 aromatic carbocycles. The molecule has 7 nitrogen and oxygen atoms in total. The summed E-state index contributed by atoms with van der Waals surface area (Å²) in [7, 11) is 0. The highest BCUT2D eigenvalue weighted by Crippen LogP contribution is 2.33. The molecule has 2 aromatic rings. The van der Waals surface area contributed by atoms with E-state index in [1.807, 2.05) is 0 Å². The minimum Gasteiger partial charge on any atom is -0.477 e. The van der Waals surface area contributed by atoms with E-state index >= 15 is 0 Å². The summed E-state index contributed by atoms with van der Waals surface area (Å²) in [5, 5.41) is 23.7. The van der Waals surface area contributed by atoms with Gasteiger partial charge in [-0.3, -0.25) is 0 Å². The Morgan fingerprint density at radius 3 is 2.90 bits per heavy atom. The highest BCUT2D eigenvalue weighted by atomic mass is 35.5. The van der Waals surface area contributed by atoms with Gasteiger partial charge in [-0.1, -0.05) is 34.4 Å². The Kier molecular flexibility index (Phi) is 3.07. The van der Waals surface area contributed by atoms with Gasteiger partial charge in [0.05, 0.1) is 0 Å². The topological polar surface area (TPSA) is 92.9 Å². The number of halogens is 2. The predicted octanol–water partition coefficient (Wildman–Crippen LogP) is 1.96. The van der Waals surface area contributed by atoms with Crippen molar-refractivity contribution in [1.82, 2.24) is 20.2 Å². The molecule has 0 fully saturated rings. The van der Waals surface area contributed by atoms with Crippen LogP contribution in [0.2, 0.25) is 10.0 Å². The number of aliphatic carboxylic acids is 1. The molecule has 2 heterocycles. The largest absolute Gasteiger partial charge is 0.477 e. The van der Waals surface area contributed by atoms with Crippen molar-refractivity contribution in [3.8, 4) is 0 Å². The third-order valence-electron chi connectivity index (χ3n) is 2.84. The molecule has 1 aromatic heterocycles. The van der Waals surface area contributed by atoms with Crippen LogP contribution in [-0.4, -0.2) is 31.3 Å². The van der Waals surface area contributed by atoms with Gasteiger partial charge in [0, 0.05) is 10.0 Å². The van der Waals surface area contributed by atoms with Crippen LogP contribution in [0.1, 0.15) is 11.6 Å². The molecule has 0 spiro atoms. The number of carboxylic acids is 1. The number of aromatic nitrogens is 4. The van der Waals surface area contributed by atoms with Crippen LogP contribution in [0.4, 0.5) is 5.95 Å². The van der Waals surface area contributed by atoms with Crippen molar-refractivity contribution in [3.05, 3.63) is 45.6 Å². The summed E-state index contributed by atoms with van der Waals surface area (Å²) in [6.45, 7) is 0. The standard InChI is InChI=1S/C11H7Cl2N5O2/c12-5-1-2-6(7(13)3-5)9-4-8(10(19)20)14-11-15-16-17-18(9)11/h1-4,9H,(H,19,20)(H,14,15,17). The van der Waals surface area contributed by atoms with Gasteiger partial charge in [0.15, 0.2) is 0 Å². The minimum atomic E-state index is -1.10. The second-order valence-electron chi connectivity index (χ2n) is 4.07. The molecule has 1 aliphatic heterocycles. The maximum atomic E-state index is 11.1. The number of fused-ring (bicyclic) bond motifs is 1. The Labute approximate surface area is 122 Å². The molecule has 1 aliphatic rings. The van der Waals surface area contributed by atoms with E-state index in [0.717, 1.165) is 0 Å². The summed E-state index contributed by atoms with van der Waals surface area (Å²) in [5.74, 6) is -0.866. The molecule has 102 valence electrons. The van der Waals surface area contributed by atoms with Gasteiger partial charge in [-0.15, -0.1) is 0 Å². The summed E-state index contributed by atoms with van der Waals surface area (Å²) >= 11 is 12.0. The van der Waals surface area contributed by atoms with Crippen molar-refractivity contribution in [2.45, 2.75) is 6.04 Å². The summed E-state index contributed by atoms with van der Waals surface area (Å²) in [6, 6.07) is 4.45. The first kappa shape index (κ1) is 12.9. The van der Waals surface area contributed by atoms with Crippen molar-refractivity contribution in [2.24, 2.45) is 0 Å². The molecule has 0 radical (unpaired) electrons. The number of hydrogen-bond donors (Lipinski definition) is 2. The van der Waals surface area contributed by atoms with Crippen LogP contribution < -0.4 is 5.32 Å². The molecule has 1 atom stereocenters. The molecular weight excluding hydrogens is 305 g/mol. The highest BCUT2D eigenvalue weighted by molar-refractivity contribution is 6.35. The summed E-state index contributed by atoms with van der Waals surface area (Å²) in [5.41, 5.74) is 0.646. The van der Waals surface area contributed by atoms with E-state index in [9.17, 15) is 4.79 Å². The van der Waals surface area contributed by atoms with Crippen molar-refractivity contribution >= 4 is 35.1 Å². The van der Waals surface area contributed by atoms with E-state index in [2.05, 4.69) is 20.8 Å². The number of nitrogens with zero attached hydrogens (tertiary/aromatic N) is 4. The molecule has 0 amide bonds. The van der Waals surface area contributed by atoms with Crippen molar-refractivity contribution in [3.63, 3.8) is 0 Å². The second-order valence-corrected chi connectivity index (χ2v) is 4.91. The van der Waals surface area contributed by atoms with Crippen LogP contribution >= 0.6 is 23.2 Å². The number of anilines is 1. The van der Waals surface area contributed by atoms with Crippen LogP contribution in [-0.2, 0) is 4.79 Å². The minimum absolute atomic E-state index is 0.0108. The van der Waals surface area contributed by atoms with E-state index in [4.69, 9.17) is 28.3 Å².